The molecule has 2 aromatic rings. The van der Waals surface area contributed by atoms with Crippen molar-refractivity contribution in [3.05, 3.63) is 53.6 Å². The molecule has 6 nitrogen and oxygen atoms in total. The molecule has 146 valence electrons. The van der Waals surface area contributed by atoms with E-state index >= 15 is 0 Å². The quantitative estimate of drug-likeness (QED) is 0.609. The fourth-order valence-corrected chi connectivity index (χ4v) is 3.61. The maximum Gasteiger partial charge on any atom is 0.194 e. The first-order valence-electron chi connectivity index (χ1n) is 9.52. The zero-order valence-corrected chi connectivity index (χ0v) is 16.7. The van der Waals surface area contributed by atoms with E-state index in [-0.39, 0.29) is 0 Å². The predicted molar refractivity (Wildman–Crippen MR) is 109 cm³/mol. The van der Waals surface area contributed by atoms with Crippen LogP contribution in [0.3, 0.4) is 0 Å². The minimum Gasteiger partial charge on any atom is -0.386 e. The lowest BCUT2D eigenvalue weighted by Crippen LogP contribution is -2.49. The molecule has 7 heteroatoms. The van der Waals surface area contributed by atoms with Gasteiger partial charge < -0.3 is 19.9 Å². The minimum absolute atomic E-state index is 0.311. The number of hydrogen-bond acceptors (Lipinski definition) is 3. The lowest BCUT2D eigenvalue weighted by atomic mass is 9.93. The van der Waals surface area contributed by atoms with Crippen LogP contribution in [0, 0.1) is 5.92 Å². The molecule has 1 saturated heterocycles. The summed E-state index contributed by atoms with van der Waals surface area (Å²) < 4.78 is 2.18. The van der Waals surface area contributed by atoms with Crippen LogP contribution in [-0.4, -0.2) is 51.7 Å². The molecule has 1 fully saturated rings. The number of aliphatic hydroxyl groups is 1. The molecule has 1 aromatic heterocycles. The van der Waals surface area contributed by atoms with Gasteiger partial charge in [0.05, 0.1) is 25.0 Å². The lowest BCUT2D eigenvalue weighted by molar-refractivity contribution is 0.179. The van der Waals surface area contributed by atoms with E-state index in [1.54, 1.807) is 12.1 Å². The number of likely N-dealkylation sites (tertiary alicyclic amines) is 1. The van der Waals surface area contributed by atoms with Crippen LogP contribution in [0.5, 0.6) is 0 Å². The van der Waals surface area contributed by atoms with Crippen LogP contribution in [0.15, 0.2) is 48.0 Å². The maximum absolute atomic E-state index is 10.5. The Labute approximate surface area is 165 Å². The molecule has 1 aliphatic heterocycles. The highest BCUT2D eigenvalue weighted by Crippen LogP contribution is 2.27. The predicted octanol–water partition coefficient (Wildman–Crippen LogP) is 3.12. The summed E-state index contributed by atoms with van der Waals surface area (Å²) in [5.74, 6) is 1.43. The summed E-state index contributed by atoms with van der Waals surface area (Å²) in [5.41, 5.74) is 0.822. The van der Waals surface area contributed by atoms with Gasteiger partial charge in [0, 0.05) is 37.1 Å². The Morgan fingerprint density at radius 2 is 2.19 bits per heavy atom. The van der Waals surface area contributed by atoms with Crippen molar-refractivity contribution in [2.75, 3.05) is 26.2 Å². The fourth-order valence-electron chi connectivity index (χ4n) is 3.48. The molecule has 3 rings (SSSR count). The van der Waals surface area contributed by atoms with Crippen LogP contribution >= 0.6 is 11.6 Å². The van der Waals surface area contributed by atoms with Crippen molar-refractivity contribution in [1.29, 1.82) is 0 Å². The van der Waals surface area contributed by atoms with Gasteiger partial charge in [-0.25, -0.2) is 4.98 Å². The van der Waals surface area contributed by atoms with Gasteiger partial charge in [-0.3, -0.25) is 4.99 Å². The van der Waals surface area contributed by atoms with Crippen LogP contribution in [0.25, 0.3) is 0 Å². The third-order valence-electron chi connectivity index (χ3n) is 5.13. The molecule has 1 aliphatic rings. The largest absolute Gasteiger partial charge is 0.386 e. The van der Waals surface area contributed by atoms with E-state index in [1.807, 2.05) is 30.9 Å². The Kier molecular flexibility index (Phi) is 6.74. The SMILES string of the molecule is CCNC(=NCC(O)c1ccc(Cl)cc1)N1CCC(C)C(n2ccnc2)C1. The number of aliphatic hydroxyl groups excluding tert-OH is 1. The summed E-state index contributed by atoms with van der Waals surface area (Å²) in [4.78, 5) is 11.2. The molecule has 0 saturated carbocycles. The van der Waals surface area contributed by atoms with Crippen LogP contribution < -0.4 is 5.32 Å². The van der Waals surface area contributed by atoms with Crippen LogP contribution in [0.2, 0.25) is 5.02 Å². The average Bonchev–Trinajstić information content (AvgIpc) is 3.20. The first kappa shape index (κ1) is 19.7. The normalized spacial score (nSPS) is 21.9. The van der Waals surface area contributed by atoms with E-state index in [4.69, 9.17) is 16.6 Å². The number of halogens is 1. The third kappa shape index (κ3) is 5.02. The minimum atomic E-state index is -0.649. The Morgan fingerprint density at radius 3 is 2.85 bits per heavy atom. The summed E-state index contributed by atoms with van der Waals surface area (Å²) in [5, 5.41) is 14.5. The highest BCUT2D eigenvalue weighted by atomic mass is 35.5. The lowest BCUT2D eigenvalue weighted by Gasteiger charge is -2.39. The smallest absolute Gasteiger partial charge is 0.194 e. The molecule has 2 heterocycles. The molecule has 2 N–H and O–H groups in total. The molecule has 27 heavy (non-hydrogen) atoms. The standard InChI is InChI=1S/C20H28ClN5O/c1-3-23-20(24-12-19(27)16-4-6-17(21)7-5-16)25-10-8-15(2)18(13-25)26-11-9-22-14-26/h4-7,9,11,14-15,18-19,27H,3,8,10,12-13H2,1-2H3,(H,23,24). The number of guanidine groups is 1. The number of aliphatic imine (C=N–C) groups is 1. The molecule has 3 unspecified atom stereocenters. The van der Waals surface area contributed by atoms with E-state index in [0.717, 1.165) is 37.6 Å². The molecule has 0 bridgehead atoms. The van der Waals surface area contributed by atoms with E-state index in [2.05, 4.69) is 33.6 Å². The third-order valence-corrected chi connectivity index (χ3v) is 5.38. The Hall–Kier alpha value is -2.05. The molecule has 0 amide bonds. The van der Waals surface area contributed by atoms with E-state index in [9.17, 15) is 5.11 Å². The Bertz CT molecular complexity index is 731. The topological polar surface area (TPSA) is 65.7 Å². The molecule has 1 aromatic carbocycles. The number of benzene rings is 1. The molecular formula is C20H28ClN5O. The van der Waals surface area contributed by atoms with Crippen LogP contribution in [0.4, 0.5) is 0 Å². The molecule has 3 atom stereocenters. The van der Waals surface area contributed by atoms with Gasteiger partial charge in [-0.05, 0) is 37.0 Å². The van der Waals surface area contributed by atoms with Crippen LogP contribution in [-0.2, 0) is 0 Å². The number of imidazole rings is 1. The number of aromatic nitrogens is 2. The summed E-state index contributed by atoms with van der Waals surface area (Å²) in [6, 6.07) is 7.62. The van der Waals surface area contributed by atoms with Gasteiger partial charge in [-0.1, -0.05) is 30.7 Å². The maximum atomic E-state index is 10.5. The van der Waals surface area contributed by atoms with Gasteiger partial charge in [0.1, 0.15) is 0 Å². The molecule has 0 radical (unpaired) electrons. The van der Waals surface area contributed by atoms with Crippen molar-refractivity contribution >= 4 is 17.6 Å². The Morgan fingerprint density at radius 1 is 1.41 bits per heavy atom. The number of hydrogen-bond donors (Lipinski definition) is 2. The number of nitrogens with one attached hydrogen (secondary N) is 1. The van der Waals surface area contributed by atoms with E-state index in [1.165, 1.54) is 0 Å². The second-order valence-electron chi connectivity index (χ2n) is 7.05. The van der Waals surface area contributed by atoms with Crippen molar-refractivity contribution < 1.29 is 5.11 Å². The van der Waals surface area contributed by atoms with Crippen molar-refractivity contribution in [1.82, 2.24) is 19.8 Å². The zero-order valence-electron chi connectivity index (χ0n) is 15.9. The van der Waals surface area contributed by atoms with Gasteiger partial charge in [-0.2, -0.15) is 0 Å². The summed E-state index contributed by atoms with van der Waals surface area (Å²) in [7, 11) is 0. The zero-order chi connectivity index (χ0) is 19.2. The van der Waals surface area contributed by atoms with Crippen molar-refractivity contribution in [3.8, 4) is 0 Å². The molecular weight excluding hydrogens is 362 g/mol. The second kappa shape index (κ2) is 9.24. The van der Waals surface area contributed by atoms with E-state index < -0.39 is 6.10 Å². The average molecular weight is 390 g/mol. The highest BCUT2D eigenvalue weighted by Gasteiger charge is 2.29. The number of rotatable bonds is 5. The first-order valence-corrected chi connectivity index (χ1v) is 9.90. The summed E-state index contributed by atoms with van der Waals surface area (Å²) >= 11 is 5.92. The summed E-state index contributed by atoms with van der Waals surface area (Å²) in [6.07, 6.45) is 6.18. The highest BCUT2D eigenvalue weighted by molar-refractivity contribution is 6.30. The van der Waals surface area contributed by atoms with Crippen molar-refractivity contribution in [2.45, 2.75) is 32.4 Å². The van der Waals surface area contributed by atoms with Crippen molar-refractivity contribution in [3.63, 3.8) is 0 Å². The molecule has 0 spiro atoms. The van der Waals surface area contributed by atoms with Gasteiger partial charge in [0.25, 0.3) is 0 Å². The van der Waals surface area contributed by atoms with Crippen molar-refractivity contribution in [2.24, 2.45) is 10.9 Å². The number of piperidine rings is 1. The number of nitrogens with zero attached hydrogens (tertiary/aromatic N) is 4. The van der Waals surface area contributed by atoms with Crippen LogP contribution in [0.1, 0.15) is 38.0 Å². The fraction of sp³-hybridized carbons (Fsp3) is 0.500. The second-order valence-corrected chi connectivity index (χ2v) is 7.49. The Balaban J connectivity index is 1.70. The van der Waals surface area contributed by atoms with Gasteiger partial charge in [0.15, 0.2) is 5.96 Å². The molecule has 0 aliphatic carbocycles. The van der Waals surface area contributed by atoms with Gasteiger partial charge >= 0.3 is 0 Å². The monoisotopic (exact) mass is 389 g/mol. The van der Waals surface area contributed by atoms with Gasteiger partial charge in [-0.15, -0.1) is 0 Å². The first-order chi connectivity index (χ1) is 13.1. The van der Waals surface area contributed by atoms with Gasteiger partial charge in [0.2, 0.25) is 0 Å². The summed E-state index contributed by atoms with van der Waals surface area (Å²) in [6.45, 7) is 7.28. The van der Waals surface area contributed by atoms with E-state index in [0.29, 0.717) is 23.5 Å².